The van der Waals surface area contributed by atoms with Crippen molar-refractivity contribution in [1.29, 1.82) is 0 Å². The summed E-state index contributed by atoms with van der Waals surface area (Å²) in [6.45, 7) is 11.8. The molecule has 0 saturated carbocycles. The van der Waals surface area contributed by atoms with Crippen LogP contribution in [0.3, 0.4) is 0 Å². The molecular weight excluding hydrogens is 160 g/mol. The summed E-state index contributed by atoms with van der Waals surface area (Å²) in [5.41, 5.74) is 0.241. The van der Waals surface area contributed by atoms with Crippen LogP contribution in [0.15, 0.2) is 12.2 Å². The molecule has 0 aliphatic carbocycles. The molecular formula is C11H24N2. The smallest absolute Gasteiger partial charge is 0.00970 e. The van der Waals surface area contributed by atoms with Gasteiger partial charge in [0.2, 0.25) is 0 Å². The molecule has 2 N–H and O–H groups in total. The standard InChI is InChI=1S/C11H24N2/c1-5-6-7-8-12-9-10-13-11(2,3)4/h5-6,12-13H,7-10H2,1-4H3/b6-5+. The van der Waals surface area contributed by atoms with Crippen molar-refractivity contribution in [2.24, 2.45) is 0 Å². The summed E-state index contributed by atoms with van der Waals surface area (Å²) in [5, 5.41) is 6.81. The quantitative estimate of drug-likeness (QED) is 0.487. The van der Waals surface area contributed by atoms with Gasteiger partial charge in [-0.3, -0.25) is 0 Å². The highest BCUT2D eigenvalue weighted by Crippen LogP contribution is 1.96. The minimum Gasteiger partial charge on any atom is -0.315 e. The molecule has 0 aromatic carbocycles. The molecule has 2 heteroatoms. The molecule has 0 heterocycles. The van der Waals surface area contributed by atoms with Gasteiger partial charge in [-0.05, 0) is 40.7 Å². The van der Waals surface area contributed by atoms with Crippen LogP contribution in [0.2, 0.25) is 0 Å². The van der Waals surface area contributed by atoms with E-state index in [1.165, 1.54) is 0 Å². The van der Waals surface area contributed by atoms with Crippen molar-refractivity contribution < 1.29 is 0 Å². The molecule has 0 saturated heterocycles. The lowest BCUT2D eigenvalue weighted by Gasteiger charge is -2.20. The van der Waals surface area contributed by atoms with Gasteiger partial charge < -0.3 is 10.6 Å². The fourth-order valence-electron chi connectivity index (χ4n) is 1.00. The summed E-state index contributed by atoms with van der Waals surface area (Å²) in [6, 6.07) is 0. The lowest BCUT2D eigenvalue weighted by molar-refractivity contribution is 0.422. The van der Waals surface area contributed by atoms with Crippen molar-refractivity contribution >= 4 is 0 Å². The summed E-state index contributed by atoms with van der Waals surface area (Å²) in [4.78, 5) is 0. The van der Waals surface area contributed by atoms with Gasteiger partial charge in [-0.2, -0.15) is 0 Å². The monoisotopic (exact) mass is 184 g/mol. The zero-order valence-corrected chi connectivity index (χ0v) is 9.48. The molecule has 0 fully saturated rings. The van der Waals surface area contributed by atoms with Crippen LogP contribution in [0.25, 0.3) is 0 Å². The van der Waals surface area contributed by atoms with Crippen molar-refractivity contribution in [2.75, 3.05) is 19.6 Å². The Balaban J connectivity index is 3.09. The number of hydrogen-bond acceptors (Lipinski definition) is 2. The van der Waals surface area contributed by atoms with Crippen molar-refractivity contribution in [2.45, 2.75) is 39.7 Å². The van der Waals surface area contributed by atoms with E-state index >= 15 is 0 Å². The molecule has 78 valence electrons. The average molecular weight is 184 g/mol. The Kier molecular flexibility index (Phi) is 6.92. The Morgan fingerprint density at radius 2 is 1.77 bits per heavy atom. The minimum absolute atomic E-state index is 0.241. The Labute approximate surface area is 82.8 Å². The van der Waals surface area contributed by atoms with Gasteiger partial charge in [0, 0.05) is 18.6 Å². The van der Waals surface area contributed by atoms with Crippen LogP contribution in [0.1, 0.15) is 34.1 Å². The van der Waals surface area contributed by atoms with Crippen LogP contribution < -0.4 is 10.6 Å². The maximum Gasteiger partial charge on any atom is 0.00970 e. The summed E-state index contributed by atoms with van der Waals surface area (Å²) < 4.78 is 0. The Morgan fingerprint density at radius 3 is 2.31 bits per heavy atom. The maximum absolute atomic E-state index is 3.43. The first-order valence-electron chi connectivity index (χ1n) is 5.13. The first kappa shape index (κ1) is 12.7. The van der Waals surface area contributed by atoms with Crippen LogP contribution in [0.4, 0.5) is 0 Å². The van der Waals surface area contributed by atoms with Gasteiger partial charge in [0.15, 0.2) is 0 Å². The molecule has 0 rings (SSSR count). The molecule has 0 atom stereocenters. The fraction of sp³-hybridized carbons (Fsp3) is 0.818. The first-order valence-corrected chi connectivity index (χ1v) is 5.13. The Hall–Kier alpha value is -0.340. The van der Waals surface area contributed by atoms with E-state index in [0.717, 1.165) is 26.1 Å². The topological polar surface area (TPSA) is 24.1 Å². The van der Waals surface area contributed by atoms with Crippen LogP contribution in [-0.4, -0.2) is 25.2 Å². The lowest BCUT2D eigenvalue weighted by atomic mass is 10.1. The van der Waals surface area contributed by atoms with E-state index in [1.54, 1.807) is 0 Å². The van der Waals surface area contributed by atoms with Gasteiger partial charge in [0.25, 0.3) is 0 Å². The number of rotatable bonds is 6. The van der Waals surface area contributed by atoms with Gasteiger partial charge in [-0.1, -0.05) is 12.2 Å². The average Bonchev–Trinajstić information content (AvgIpc) is 2.01. The second kappa shape index (κ2) is 7.10. The zero-order valence-electron chi connectivity index (χ0n) is 9.48. The molecule has 0 aliphatic heterocycles. The highest BCUT2D eigenvalue weighted by atomic mass is 15.0. The van der Waals surface area contributed by atoms with Gasteiger partial charge in [0.05, 0.1) is 0 Å². The van der Waals surface area contributed by atoms with E-state index in [1.807, 2.05) is 0 Å². The van der Waals surface area contributed by atoms with Crippen molar-refractivity contribution in [1.82, 2.24) is 10.6 Å². The summed E-state index contributed by atoms with van der Waals surface area (Å²) in [7, 11) is 0. The summed E-state index contributed by atoms with van der Waals surface area (Å²) in [5.74, 6) is 0. The van der Waals surface area contributed by atoms with E-state index in [9.17, 15) is 0 Å². The van der Waals surface area contributed by atoms with Crippen molar-refractivity contribution in [3.63, 3.8) is 0 Å². The second-order valence-electron chi connectivity index (χ2n) is 4.28. The maximum atomic E-state index is 3.43. The van der Waals surface area contributed by atoms with E-state index in [4.69, 9.17) is 0 Å². The predicted octanol–water partition coefficient (Wildman–Crippen LogP) is 1.93. The van der Waals surface area contributed by atoms with Gasteiger partial charge in [-0.25, -0.2) is 0 Å². The van der Waals surface area contributed by atoms with E-state index < -0.39 is 0 Å². The molecule has 0 bridgehead atoms. The third-order valence-electron chi connectivity index (χ3n) is 1.68. The largest absolute Gasteiger partial charge is 0.315 e. The molecule has 0 amide bonds. The van der Waals surface area contributed by atoms with E-state index in [2.05, 4.69) is 50.5 Å². The molecule has 0 aromatic heterocycles. The minimum atomic E-state index is 0.241. The summed E-state index contributed by atoms with van der Waals surface area (Å²) >= 11 is 0. The van der Waals surface area contributed by atoms with Crippen LogP contribution in [0, 0.1) is 0 Å². The SMILES string of the molecule is C/C=C/CCNCCNC(C)(C)C. The number of allylic oxidation sites excluding steroid dienone is 1. The lowest BCUT2D eigenvalue weighted by Crippen LogP contribution is -2.40. The van der Waals surface area contributed by atoms with E-state index in [-0.39, 0.29) is 5.54 Å². The van der Waals surface area contributed by atoms with Gasteiger partial charge in [0.1, 0.15) is 0 Å². The molecule has 0 spiro atoms. The second-order valence-corrected chi connectivity index (χ2v) is 4.28. The Bertz CT molecular complexity index is 134. The Morgan fingerprint density at radius 1 is 1.08 bits per heavy atom. The van der Waals surface area contributed by atoms with E-state index in [0.29, 0.717) is 0 Å². The van der Waals surface area contributed by atoms with Crippen LogP contribution >= 0.6 is 0 Å². The highest BCUT2D eigenvalue weighted by molar-refractivity contribution is 4.77. The molecule has 2 nitrogen and oxygen atoms in total. The number of hydrogen-bond donors (Lipinski definition) is 2. The van der Waals surface area contributed by atoms with Gasteiger partial charge >= 0.3 is 0 Å². The van der Waals surface area contributed by atoms with Crippen LogP contribution in [-0.2, 0) is 0 Å². The zero-order chi connectivity index (χ0) is 10.2. The van der Waals surface area contributed by atoms with Gasteiger partial charge in [-0.15, -0.1) is 0 Å². The molecule has 0 radical (unpaired) electrons. The normalized spacial score (nSPS) is 12.6. The molecule has 13 heavy (non-hydrogen) atoms. The molecule has 0 aliphatic rings. The van der Waals surface area contributed by atoms with Crippen molar-refractivity contribution in [3.8, 4) is 0 Å². The molecule has 0 aromatic rings. The fourth-order valence-corrected chi connectivity index (χ4v) is 1.00. The van der Waals surface area contributed by atoms with Crippen molar-refractivity contribution in [3.05, 3.63) is 12.2 Å². The third kappa shape index (κ3) is 11.7. The molecule has 0 unspecified atom stereocenters. The third-order valence-corrected chi connectivity index (χ3v) is 1.68. The summed E-state index contributed by atoms with van der Waals surface area (Å²) in [6.07, 6.45) is 5.41. The predicted molar refractivity (Wildman–Crippen MR) is 60.1 cm³/mol. The van der Waals surface area contributed by atoms with Crippen LogP contribution in [0.5, 0.6) is 0 Å². The first-order chi connectivity index (χ1) is 6.06. The number of nitrogens with one attached hydrogen (secondary N) is 2. The highest BCUT2D eigenvalue weighted by Gasteiger charge is 2.06.